The number of hydrogen-bond donors (Lipinski definition) is 1. The third kappa shape index (κ3) is 4.64. The SMILES string of the molecule is COCCOCC(=O)Nc1ccc([N+](=O)[O-])cc1C#N. The third-order valence-electron chi connectivity index (χ3n) is 2.27. The first-order valence-corrected chi connectivity index (χ1v) is 5.63. The Morgan fingerprint density at radius 1 is 1.50 bits per heavy atom. The van der Waals surface area contributed by atoms with E-state index in [0.29, 0.717) is 6.61 Å². The standard InChI is InChI=1S/C12H13N3O5/c1-19-4-5-20-8-12(16)14-11-3-2-10(15(17)18)6-9(11)7-13/h2-3,6H,4-5,8H2,1H3,(H,14,16). The Morgan fingerprint density at radius 3 is 2.85 bits per heavy atom. The molecule has 0 spiro atoms. The van der Waals surface area contributed by atoms with Crippen molar-refractivity contribution in [3.8, 4) is 6.07 Å². The Bertz CT molecular complexity index is 538. The van der Waals surface area contributed by atoms with Crippen LogP contribution in [0.1, 0.15) is 5.56 Å². The van der Waals surface area contributed by atoms with E-state index in [1.807, 2.05) is 0 Å². The Balaban J connectivity index is 2.66. The lowest BCUT2D eigenvalue weighted by atomic mass is 10.1. The van der Waals surface area contributed by atoms with Crippen LogP contribution in [0.3, 0.4) is 0 Å². The normalized spacial score (nSPS) is 9.80. The van der Waals surface area contributed by atoms with Crippen LogP contribution in [0.2, 0.25) is 0 Å². The lowest BCUT2D eigenvalue weighted by Crippen LogP contribution is -2.20. The summed E-state index contributed by atoms with van der Waals surface area (Å²) in [6, 6.07) is 5.41. The molecule has 0 fully saturated rings. The smallest absolute Gasteiger partial charge is 0.270 e. The predicted octanol–water partition coefficient (Wildman–Crippen LogP) is 1.07. The molecule has 1 rings (SSSR count). The lowest BCUT2D eigenvalue weighted by Gasteiger charge is -2.07. The van der Waals surface area contributed by atoms with E-state index in [4.69, 9.17) is 14.7 Å². The average Bonchev–Trinajstić information content (AvgIpc) is 2.43. The maximum absolute atomic E-state index is 11.5. The van der Waals surface area contributed by atoms with Gasteiger partial charge in [-0.3, -0.25) is 14.9 Å². The van der Waals surface area contributed by atoms with Gasteiger partial charge in [0.25, 0.3) is 5.69 Å². The number of benzene rings is 1. The molecule has 8 heteroatoms. The Labute approximate surface area is 115 Å². The second-order valence-corrected chi connectivity index (χ2v) is 3.69. The summed E-state index contributed by atoms with van der Waals surface area (Å²) in [4.78, 5) is 21.5. The average molecular weight is 279 g/mol. The number of amides is 1. The number of nitro benzene ring substituents is 1. The summed E-state index contributed by atoms with van der Waals surface area (Å²) < 4.78 is 9.77. The van der Waals surface area contributed by atoms with Crippen molar-refractivity contribution in [1.82, 2.24) is 0 Å². The van der Waals surface area contributed by atoms with Gasteiger partial charge in [-0.25, -0.2) is 0 Å². The highest BCUT2D eigenvalue weighted by Gasteiger charge is 2.12. The largest absolute Gasteiger partial charge is 0.382 e. The number of anilines is 1. The second kappa shape index (κ2) is 7.83. The highest BCUT2D eigenvalue weighted by Crippen LogP contribution is 2.21. The van der Waals surface area contributed by atoms with Gasteiger partial charge in [0.15, 0.2) is 0 Å². The molecule has 1 N–H and O–H groups in total. The van der Waals surface area contributed by atoms with Gasteiger partial charge in [-0.15, -0.1) is 0 Å². The number of rotatable bonds is 7. The molecule has 0 aromatic heterocycles. The first-order valence-electron chi connectivity index (χ1n) is 5.63. The van der Waals surface area contributed by atoms with Crippen molar-refractivity contribution in [3.05, 3.63) is 33.9 Å². The molecule has 106 valence electrons. The zero-order valence-electron chi connectivity index (χ0n) is 10.8. The summed E-state index contributed by atoms with van der Waals surface area (Å²) in [5.41, 5.74) is 0.0128. The molecule has 0 aliphatic rings. The fourth-order valence-corrected chi connectivity index (χ4v) is 1.34. The zero-order valence-corrected chi connectivity index (χ0v) is 10.8. The number of hydrogen-bond acceptors (Lipinski definition) is 6. The van der Waals surface area contributed by atoms with Gasteiger partial charge in [-0.1, -0.05) is 0 Å². The van der Waals surface area contributed by atoms with Crippen LogP contribution < -0.4 is 5.32 Å². The van der Waals surface area contributed by atoms with E-state index < -0.39 is 10.8 Å². The van der Waals surface area contributed by atoms with Crippen molar-refractivity contribution in [2.24, 2.45) is 0 Å². The zero-order chi connectivity index (χ0) is 15.0. The van der Waals surface area contributed by atoms with E-state index in [0.717, 1.165) is 6.07 Å². The van der Waals surface area contributed by atoms with Crippen LogP contribution in [-0.4, -0.2) is 37.8 Å². The van der Waals surface area contributed by atoms with Crippen molar-refractivity contribution in [2.75, 3.05) is 32.2 Å². The van der Waals surface area contributed by atoms with Gasteiger partial charge in [0.2, 0.25) is 5.91 Å². The van der Waals surface area contributed by atoms with Crippen LogP contribution in [0.15, 0.2) is 18.2 Å². The number of non-ortho nitro benzene ring substituents is 1. The predicted molar refractivity (Wildman–Crippen MR) is 69.1 cm³/mol. The molecule has 0 aliphatic heterocycles. The van der Waals surface area contributed by atoms with Crippen LogP contribution in [0, 0.1) is 21.4 Å². The molecule has 1 aromatic rings. The van der Waals surface area contributed by atoms with Gasteiger partial charge < -0.3 is 14.8 Å². The van der Waals surface area contributed by atoms with E-state index in [1.165, 1.54) is 19.2 Å². The molecular weight excluding hydrogens is 266 g/mol. The summed E-state index contributed by atoms with van der Waals surface area (Å²) in [6.45, 7) is 0.453. The second-order valence-electron chi connectivity index (χ2n) is 3.69. The molecule has 1 aromatic carbocycles. The van der Waals surface area contributed by atoms with E-state index in [9.17, 15) is 14.9 Å². The lowest BCUT2D eigenvalue weighted by molar-refractivity contribution is -0.384. The number of nitrogens with zero attached hydrogens (tertiary/aromatic N) is 2. The first kappa shape index (κ1) is 15.6. The molecule has 0 heterocycles. The van der Waals surface area contributed by atoms with E-state index in [2.05, 4.69) is 5.32 Å². The fourth-order valence-electron chi connectivity index (χ4n) is 1.34. The first-order chi connectivity index (χ1) is 9.58. The number of nitrogens with one attached hydrogen (secondary N) is 1. The summed E-state index contributed by atoms with van der Waals surface area (Å²) in [5, 5.41) is 21.9. The van der Waals surface area contributed by atoms with Crippen molar-refractivity contribution in [2.45, 2.75) is 0 Å². The fraction of sp³-hybridized carbons (Fsp3) is 0.333. The summed E-state index contributed by atoms with van der Waals surface area (Å²) >= 11 is 0. The molecule has 0 radical (unpaired) electrons. The van der Waals surface area contributed by atoms with Crippen LogP contribution in [-0.2, 0) is 14.3 Å². The number of nitro groups is 1. The van der Waals surface area contributed by atoms with E-state index >= 15 is 0 Å². The highest BCUT2D eigenvalue weighted by atomic mass is 16.6. The molecular formula is C12H13N3O5. The van der Waals surface area contributed by atoms with Crippen LogP contribution in [0.5, 0.6) is 0 Å². The Hall–Kier alpha value is -2.50. The van der Waals surface area contributed by atoms with Gasteiger partial charge >= 0.3 is 0 Å². The van der Waals surface area contributed by atoms with Crippen LogP contribution >= 0.6 is 0 Å². The Kier molecular flexibility index (Phi) is 6.09. The monoisotopic (exact) mass is 279 g/mol. The van der Waals surface area contributed by atoms with Crippen molar-refractivity contribution < 1.29 is 19.2 Å². The molecule has 0 saturated carbocycles. The molecule has 1 amide bonds. The molecule has 0 atom stereocenters. The summed E-state index contributed by atoms with van der Waals surface area (Å²) in [5.74, 6) is -0.452. The van der Waals surface area contributed by atoms with Crippen LogP contribution in [0.4, 0.5) is 11.4 Å². The van der Waals surface area contributed by atoms with Crippen molar-refractivity contribution in [1.29, 1.82) is 5.26 Å². The Morgan fingerprint density at radius 2 is 2.25 bits per heavy atom. The number of carbonyl (C=O) groups excluding carboxylic acids is 1. The summed E-state index contributed by atoms with van der Waals surface area (Å²) in [7, 11) is 1.51. The van der Waals surface area contributed by atoms with Gasteiger partial charge in [0.1, 0.15) is 12.7 Å². The highest BCUT2D eigenvalue weighted by molar-refractivity contribution is 5.93. The molecule has 0 saturated heterocycles. The van der Waals surface area contributed by atoms with Gasteiger partial charge in [0, 0.05) is 19.2 Å². The molecule has 20 heavy (non-hydrogen) atoms. The minimum atomic E-state index is -0.611. The van der Waals surface area contributed by atoms with Gasteiger partial charge in [-0.2, -0.15) is 5.26 Å². The quantitative estimate of drug-likeness (QED) is 0.453. The third-order valence-corrected chi connectivity index (χ3v) is 2.27. The molecule has 8 nitrogen and oxygen atoms in total. The van der Waals surface area contributed by atoms with Crippen molar-refractivity contribution >= 4 is 17.3 Å². The van der Waals surface area contributed by atoms with E-state index in [1.54, 1.807) is 6.07 Å². The van der Waals surface area contributed by atoms with Gasteiger partial charge in [-0.05, 0) is 6.07 Å². The number of methoxy groups -OCH3 is 1. The number of ether oxygens (including phenoxy) is 2. The molecule has 0 unspecified atom stereocenters. The topological polar surface area (TPSA) is 114 Å². The maximum Gasteiger partial charge on any atom is 0.270 e. The van der Waals surface area contributed by atoms with Crippen molar-refractivity contribution in [3.63, 3.8) is 0 Å². The number of nitriles is 1. The molecule has 0 bridgehead atoms. The minimum Gasteiger partial charge on any atom is -0.382 e. The summed E-state index contributed by atoms with van der Waals surface area (Å²) in [6.07, 6.45) is 0. The number of carbonyl (C=O) groups is 1. The minimum absolute atomic E-state index is 0.0180. The van der Waals surface area contributed by atoms with E-state index in [-0.39, 0.29) is 30.2 Å². The molecule has 0 aliphatic carbocycles. The van der Waals surface area contributed by atoms with Gasteiger partial charge in [0.05, 0.1) is 29.4 Å². The maximum atomic E-state index is 11.5. The van der Waals surface area contributed by atoms with Crippen LogP contribution in [0.25, 0.3) is 0 Å².